The van der Waals surface area contributed by atoms with Gasteiger partial charge in [-0.05, 0) is 29.2 Å². The summed E-state index contributed by atoms with van der Waals surface area (Å²) < 4.78 is 12.1. The van der Waals surface area contributed by atoms with Crippen LogP contribution in [-0.2, 0) is 5.41 Å². The van der Waals surface area contributed by atoms with Crippen molar-refractivity contribution in [2.45, 2.75) is 45.1 Å². The van der Waals surface area contributed by atoms with E-state index in [2.05, 4.69) is 69.4 Å². The van der Waals surface area contributed by atoms with Crippen molar-refractivity contribution >= 4 is 5.69 Å². The average molecular weight is 337 g/mol. The van der Waals surface area contributed by atoms with Gasteiger partial charge in [-0.2, -0.15) is 0 Å². The maximum atomic E-state index is 6.20. The van der Waals surface area contributed by atoms with Crippen LogP contribution in [0, 0.1) is 5.92 Å². The maximum absolute atomic E-state index is 6.20. The number of ether oxygens (including phenoxy) is 2. The number of hydrogen-bond donors (Lipinski definition) is 1. The van der Waals surface area contributed by atoms with Crippen LogP contribution in [0.5, 0.6) is 11.5 Å². The minimum Gasteiger partial charge on any atom is -0.496 e. The van der Waals surface area contributed by atoms with Crippen molar-refractivity contribution in [2.24, 2.45) is 5.92 Å². The molecule has 2 atom stereocenters. The van der Waals surface area contributed by atoms with E-state index in [1.807, 2.05) is 0 Å². The fraction of sp³-hybridized carbons (Fsp3) is 0.455. The van der Waals surface area contributed by atoms with Crippen LogP contribution in [0.25, 0.3) is 0 Å². The highest BCUT2D eigenvalue weighted by Gasteiger charge is 2.47. The fourth-order valence-corrected chi connectivity index (χ4v) is 4.51. The van der Waals surface area contributed by atoms with Crippen LogP contribution in [0.4, 0.5) is 5.69 Å². The Morgan fingerprint density at radius 1 is 1.16 bits per heavy atom. The maximum Gasteiger partial charge on any atom is 0.131 e. The van der Waals surface area contributed by atoms with Crippen molar-refractivity contribution in [3.05, 3.63) is 53.1 Å². The number of rotatable bonds is 2. The fourth-order valence-electron chi connectivity index (χ4n) is 4.51. The second kappa shape index (κ2) is 5.69. The Morgan fingerprint density at radius 3 is 2.64 bits per heavy atom. The van der Waals surface area contributed by atoms with Gasteiger partial charge in [0.1, 0.15) is 11.5 Å². The van der Waals surface area contributed by atoms with E-state index in [0.29, 0.717) is 11.8 Å². The molecule has 0 spiro atoms. The van der Waals surface area contributed by atoms with Gasteiger partial charge in [-0.1, -0.05) is 52.0 Å². The number of fused-ring (bicyclic) bond motifs is 4. The molecule has 4 rings (SSSR count). The molecule has 2 heterocycles. The summed E-state index contributed by atoms with van der Waals surface area (Å²) in [5.41, 5.74) is 5.03. The van der Waals surface area contributed by atoms with Crippen molar-refractivity contribution < 1.29 is 9.47 Å². The zero-order chi connectivity index (χ0) is 17.8. The summed E-state index contributed by atoms with van der Waals surface area (Å²) in [6.07, 6.45) is 0. The predicted octanol–water partition coefficient (Wildman–Crippen LogP) is 5.27. The lowest BCUT2D eigenvalue weighted by Crippen LogP contribution is -2.46. The first kappa shape index (κ1) is 16.3. The Balaban J connectivity index is 1.91. The van der Waals surface area contributed by atoms with Gasteiger partial charge in [-0.15, -0.1) is 0 Å². The number of nitrogens with one attached hydrogen (secondary N) is 1. The molecule has 0 saturated heterocycles. The molecule has 132 valence electrons. The Morgan fingerprint density at radius 2 is 1.92 bits per heavy atom. The highest BCUT2D eigenvalue weighted by Crippen LogP contribution is 2.54. The van der Waals surface area contributed by atoms with Crippen LogP contribution < -0.4 is 14.8 Å². The third kappa shape index (κ3) is 2.32. The van der Waals surface area contributed by atoms with E-state index in [0.717, 1.165) is 18.1 Å². The molecule has 0 aliphatic carbocycles. The van der Waals surface area contributed by atoms with Gasteiger partial charge in [0.15, 0.2) is 0 Å². The van der Waals surface area contributed by atoms with E-state index in [9.17, 15) is 0 Å². The van der Waals surface area contributed by atoms with Crippen molar-refractivity contribution in [1.29, 1.82) is 0 Å². The average Bonchev–Trinajstić information content (AvgIpc) is 2.60. The summed E-state index contributed by atoms with van der Waals surface area (Å²) in [4.78, 5) is 0. The van der Waals surface area contributed by atoms with Gasteiger partial charge in [0.2, 0.25) is 0 Å². The molecule has 0 radical (unpaired) electrons. The van der Waals surface area contributed by atoms with Crippen LogP contribution in [0.15, 0.2) is 36.4 Å². The Labute approximate surface area is 150 Å². The highest BCUT2D eigenvalue weighted by atomic mass is 16.5. The lowest BCUT2D eigenvalue weighted by Gasteiger charge is -2.49. The number of anilines is 1. The SMILES string of the molecule is COc1c(C(C)C)ccc2c1[C@H]1Nc3ccccc3C(C)(C)[C@H]1CO2. The molecule has 1 N–H and O–H groups in total. The summed E-state index contributed by atoms with van der Waals surface area (Å²) in [6, 6.07) is 13.1. The number of hydrogen-bond acceptors (Lipinski definition) is 3. The smallest absolute Gasteiger partial charge is 0.131 e. The summed E-state index contributed by atoms with van der Waals surface area (Å²) >= 11 is 0. The molecule has 0 aromatic heterocycles. The molecular formula is C22H27NO2. The first-order valence-electron chi connectivity index (χ1n) is 9.14. The number of methoxy groups -OCH3 is 1. The van der Waals surface area contributed by atoms with E-state index in [1.54, 1.807) is 7.11 Å². The van der Waals surface area contributed by atoms with Crippen molar-refractivity contribution in [1.82, 2.24) is 0 Å². The van der Waals surface area contributed by atoms with Gasteiger partial charge >= 0.3 is 0 Å². The molecule has 0 fully saturated rings. The van der Waals surface area contributed by atoms with Crippen LogP contribution in [0.1, 0.15) is 56.3 Å². The van der Waals surface area contributed by atoms with Crippen LogP contribution in [0.2, 0.25) is 0 Å². The molecule has 0 bridgehead atoms. The molecule has 2 aliphatic rings. The minimum absolute atomic E-state index is 0.0308. The molecule has 2 aliphatic heterocycles. The largest absolute Gasteiger partial charge is 0.496 e. The topological polar surface area (TPSA) is 30.5 Å². The molecule has 2 aromatic rings. The lowest BCUT2D eigenvalue weighted by molar-refractivity contribution is 0.133. The molecular weight excluding hydrogens is 310 g/mol. The highest BCUT2D eigenvalue weighted by molar-refractivity contribution is 5.64. The lowest BCUT2D eigenvalue weighted by atomic mass is 9.65. The normalized spacial score (nSPS) is 23.0. The van der Waals surface area contributed by atoms with Crippen molar-refractivity contribution in [3.63, 3.8) is 0 Å². The van der Waals surface area contributed by atoms with Gasteiger partial charge in [0.05, 0.1) is 25.3 Å². The second-order valence-electron chi connectivity index (χ2n) is 8.06. The van der Waals surface area contributed by atoms with Crippen molar-refractivity contribution in [2.75, 3.05) is 19.0 Å². The molecule has 0 amide bonds. The van der Waals surface area contributed by atoms with Gasteiger partial charge < -0.3 is 14.8 Å². The summed E-state index contributed by atoms with van der Waals surface area (Å²) in [7, 11) is 1.77. The summed E-state index contributed by atoms with van der Waals surface area (Å²) in [5, 5.41) is 3.79. The quantitative estimate of drug-likeness (QED) is 0.809. The second-order valence-corrected chi connectivity index (χ2v) is 8.06. The minimum atomic E-state index is 0.0308. The summed E-state index contributed by atoms with van der Waals surface area (Å²) in [5.74, 6) is 2.69. The van der Waals surface area contributed by atoms with E-state index in [-0.39, 0.29) is 11.5 Å². The molecule has 0 unspecified atom stereocenters. The van der Waals surface area contributed by atoms with E-state index in [4.69, 9.17) is 9.47 Å². The van der Waals surface area contributed by atoms with E-state index in [1.165, 1.54) is 22.4 Å². The van der Waals surface area contributed by atoms with Crippen LogP contribution in [-0.4, -0.2) is 13.7 Å². The van der Waals surface area contributed by atoms with E-state index >= 15 is 0 Å². The molecule has 3 heteroatoms. The van der Waals surface area contributed by atoms with Crippen LogP contribution >= 0.6 is 0 Å². The molecule has 3 nitrogen and oxygen atoms in total. The van der Waals surface area contributed by atoms with Crippen LogP contribution in [0.3, 0.4) is 0 Å². The zero-order valence-corrected chi connectivity index (χ0v) is 15.7. The Kier molecular flexibility index (Phi) is 3.71. The van der Waals surface area contributed by atoms with Gasteiger partial charge in [-0.3, -0.25) is 0 Å². The standard InChI is InChI=1S/C22H27NO2/c1-13(2)14-10-11-18-19(21(14)24-5)20-16(12-25-18)22(3,4)15-8-6-7-9-17(15)23-20/h6-11,13,16,20,23H,12H2,1-5H3/t16-,20-/m0/s1. The van der Waals surface area contributed by atoms with Gasteiger partial charge in [0, 0.05) is 17.0 Å². The summed E-state index contributed by atoms with van der Waals surface area (Å²) in [6.45, 7) is 9.79. The number of benzene rings is 2. The predicted molar refractivity (Wildman–Crippen MR) is 102 cm³/mol. The molecule has 2 aromatic carbocycles. The zero-order valence-electron chi connectivity index (χ0n) is 15.7. The first-order valence-corrected chi connectivity index (χ1v) is 9.14. The monoisotopic (exact) mass is 337 g/mol. The Hall–Kier alpha value is -2.16. The molecule has 25 heavy (non-hydrogen) atoms. The molecule has 0 saturated carbocycles. The van der Waals surface area contributed by atoms with Gasteiger partial charge in [-0.25, -0.2) is 0 Å². The third-order valence-electron chi connectivity index (χ3n) is 6.00. The van der Waals surface area contributed by atoms with E-state index < -0.39 is 0 Å². The van der Waals surface area contributed by atoms with Gasteiger partial charge in [0.25, 0.3) is 0 Å². The number of para-hydroxylation sites is 1. The Bertz CT molecular complexity index is 810. The van der Waals surface area contributed by atoms with Crippen molar-refractivity contribution in [3.8, 4) is 11.5 Å². The first-order chi connectivity index (χ1) is 11.9. The third-order valence-corrected chi connectivity index (χ3v) is 6.00.